The van der Waals surface area contributed by atoms with E-state index in [1.54, 1.807) is 0 Å². The van der Waals surface area contributed by atoms with Crippen LogP contribution < -0.4 is 0 Å². The van der Waals surface area contributed by atoms with Gasteiger partial charge in [-0.2, -0.15) is 0 Å². The SMILES string of the molecule is CCCCCCCC/C=C/CCCCCCCCCC(=O)O[C@H](COC(=O)CCCCCCCCCCCC)COP(=O)(O)O. The number of phosphoric acid groups is 1. The average Bonchev–Trinajstić information content (AvgIpc) is 3.00. The molecule has 266 valence electrons. The van der Waals surface area contributed by atoms with Crippen LogP contribution in [0.15, 0.2) is 12.2 Å². The Labute approximate surface area is 276 Å². The normalized spacial score (nSPS) is 12.5. The van der Waals surface area contributed by atoms with Gasteiger partial charge in [0.2, 0.25) is 0 Å². The van der Waals surface area contributed by atoms with Crippen LogP contribution in [-0.4, -0.2) is 41.0 Å². The Bertz CT molecular complexity index is 751. The van der Waals surface area contributed by atoms with E-state index in [0.717, 1.165) is 44.9 Å². The molecule has 0 amide bonds. The molecule has 0 unspecified atom stereocenters. The van der Waals surface area contributed by atoms with Crippen molar-refractivity contribution in [3.63, 3.8) is 0 Å². The van der Waals surface area contributed by atoms with Gasteiger partial charge in [0, 0.05) is 12.8 Å². The number of esters is 2. The number of ether oxygens (including phenoxy) is 2. The highest BCUT2D eigenvalue weighted by Gasteiger charge is 2.22. The molecule has 0 aromatic heterocycles. The first-order chi connectivity index (χ1) is 21.8. The van der Waals surface area contributed by atoms with E-state index in [1.165, 1.54) is 109 Å². The lowest BCUT2D eigenvalue weighted by Gasteiger charge is -2.18. The molecule has 0 saturated carbocycles. The van der Waals surface area contributed by atoms with E-state index in [9.17, 15) is 14.2 Å². The van der Waals surface area contributed by atoms with E-state index in [-0.39, 0.29) is 19.4 Å². The molecule has 45 heavy (non-hydrogen) atoms. The topological polar surface area (TPSA) is 119 Å². The van der Waals surface area contributed by atoms with E-state index in [0.29, 0.717) is 6.42 Å². The molecule has 0 radical (unpaired) electrons. The van der Waals surface area contributed by atoms with Gasteiger partial charge < -0.3 is 19.3 Å². The number of unbranched alkanes of at least 4 members (excludes halogenated alkanes) is 22. The predicted octanol–water partition coefficient (Wildman–Crippen LogP) is 10.7. The summed E-state index contributed by atoms with van der Waals surface area (Å²) in [7, 11) is -4.74. The Balaban J connectivity index is 3.94. The second-order valence-electron chi connectivity index (χ2n) is 12.6. The molecule has 9 heteroatoms. The predicted molar refractivity (Wildman–Crippen MR) is 184 cm³/mol. The molecule has 1 atom stereocenters. The van der Waals surface area contributed by atoms with E-state index < -0.39 is 32.5 Å². The summed E-state index contributed by atoms with van der Waals surface area (Å²) in [6.45, 7) is 3.66. The molecule has 0 saturated heterocycles. The maximum Gasteiger partial charge on any atom is 0.469 e. The van der Waals surface area contributed by atoms with Crippen molar-refractivity contribution < 1.29 is 37.9 Å². The van der Waals surface area contributed by atoms with Gasteiger partial charge in [0.25, 0.3) is 0 Å². The Hall–Kier alpha value is -1.21. The van der Waals surface area contributed by atoms with Crippen LogP contribution in [-0.2, 0) is 28.2 Å². The highest BCUT2D eigenvalue weighted by Crippen LogP contribution is 2.36. The number of allylic oxidation sites excluding steroid dienone is 2. The van der Waals surface area contributed by atoms with Crippen LogP contribution in [0, 0.1) is 0 Å². The molecule has 0 aliphatic rings. The monoisotopic (exact) mass is 660 g/mol. The smallest absolute Gasteiger partial charge is 0.462 e. The van der Waals surface area contributed by atoms with Crippen molar-refractivity contribution in [3.05, 3.63) is 12.2 Å². The second kappa shape index (κ2) is 32.7. The van der Waals surface area contributed by atoms with Gasteiger partial charge in [0.15, 0.2) is 6.10 Å². The highest BCUT2D eigenvalue weighted by molar-refractivity contribution is 7.46. The van der Waals surface area contributed by atoms with Crippen molar-refractivity contribution in [3.8, 4) is 0 Å². The minimum absolute atomic E-state index is 0.211. The number of hydrogen-bond acceptors (Lipinski definition) is 6. The summed E-state index contributed by atoms with van der Waals surface area (Å²) in [4.78, 5) is 42.6. The largest absolute Gasteiger partial charge is 0.469 e. The number of carbonyl (C=O) groups excluding carboxylic acids is 2. The Morgan fingerprint density at radius 3 is 1.36 bits per heavy atom. The molecule has 0 aromatic carbocycles. The number of phosphoric ester groups is 1. The van der Waals surface area contributed by atoms with Crippen molar-refractivity contribution in [1.29, 1.82) is 0 Å². The quantitative estimate of drug-likeness (QED) is 0.0303. The zero-order valence-corrected chi connectivity index (χ0v) is 29.9. The molecule has 0 bridgehead atoms. The second-order valence-corrected chi connectivity index (χ2v) is 13.8. The standard InChI is InChI=1S/C36H69O8P/c1-3-5-7-9-11-13-15-16-17-18-19-20-21-23-25-27-29-31-36(38)44-34(33-43-45(39,40)41)32-42-35(37)30-28-26-24-22-14-12-10-8-6-4-2/h16-17,34H,3-15,18-33H2,1-2H3,(H2,39,40,41)/b17-16+/t34-/m1/s1. The van der Waals surface area contributed by atoms with Crippen molar-refractivity contribution in [1.82, 2.24) is 0 Å². The Morgan fingerprint density at radius 2 is 0.933 bits per heavy atom. The summed E-state index contributed by atoms with van der Waals surface area (Å²) in [6.07, 6.45) is 33.6. The Kier molecular flexibility index (Phi) is 31.8. The fraction of sp³-hybridized carbons (Fsp3) is 0.889. The Morgan fingerprint density at radius 1 is 0.556 bits per heavy atom. The minimum atomic E-state index is -4.74. The molecule has 0 heterocycles. The minimum Gasteiger partial charge on any atom is -0.462 e. The number of carbonyl (C=O) groups is 2. The molecule has 0 aliphatic carbocycles. The van der Waals surface area contributed by atoms with E-state index in [2.05, 4.69) is 30.5 Å². The molecule has 0 aliphatic heterocycles. The molecule has 0 rings (SSSR count). The fourth-order valence-corrected chi connectivity index (χ4v) is 5.61. The molecule has 8 nitrogen and oxygen atoms in total. The summed E-state index contributed by atoms with van der Waals surface area (Å²) in [5, 5.41) is 0. The van der Waals surface area contributed by atoms with Crippen molar-refractivity contribution in [2.24, 2.45) is 0 Å². The van der Waals surface area contributed by atoms with Crippen molar-refractivity contribution in [2.45, 2.75) is 193 Å². The molecular formula is C36H69O8P. The van der Waals surface area contributed by atoms with E-state index in [4.69, 9.17) is 19.3 Å². The molecule has 0 spiro atoms. The van der Waals surface area contributed by atoms with Gasteiger partial charge in [0.05, 0.1) is 6.61 Å². The van der Waals surface area contributed by atoms with Gasteiger partial charge >= 0.3 is 19.8 Å². The summed E-state index contributed by atoms with van der Waals surface area (Å²) < 4.78 is 26.2. The van der Waals surface area contributed by atoms with Crippen LogP contribution in [0.1, 0.15) is 187 Å². The van der Waals surface area contributed by atoms with Crippen molar-refractivity contribution in [2.75, 3.05) is 13.2 Å². The maximum atomic E-state index is 12.3. The van der Waals surface area contributed by atoms with Crippen LogP contribution in [0.5, 0.6) is 0 Å². The lowest BCUT2D eigenvalue weighted by molar-refractivity contribution is -0.161. The van der Waals surface area contributed by atoms with Gasteiger partial charge in [-0.3, -0.25) is 14.1 Å². The zero-order valence-electron chi connectivity index (χ0n) is 29.0. The summed E-state index contributed by atoms with van der Waals surface area (Å²) in [5.74, 6) is -0.885. The van der Waals surface area contributed by atoms with Crippen molar-refractivity contribution >= 4 is 19.8 Å². The van der Waals surface area contributed by atoms with Gasteiger partial charge in [-0.25, -0.2) is 4.57 Å². The third kappa shape index (κ3) is 35.5. The number of hydrogen-bond donors (Lipinski definition) is 2. The molecular weight excluding hydrogens is 591 g/mol. The first-order valence-electron chi connectivity index (χ1n) is 18.5. The molecule has 0 aromatic rings. The van der Waals surface area contributed by atoms with Crippen LogP contribution in [0.25, 0.3) is 0 Å². The molecule has 0 fully saturated rings. The van der Waals surface area contributed by atoms with Crippen LogP contribution >= 0.6 is 7.82 Å². The van der Waals surface area contributed by atoms with Crippen LogP contribution in [0.2, 0.25) is 0 Å². The third-order valence-electron chi connectivity index (χ3n) is 8.03. The van der Waals surface area contributed by atoms with Crippen LogP contribution in [0.3, 0.4) is 0 Å². The van der Waals surface area contributed by atoms with Gasteiger partial charge in [-0.1, -0.05) is 148 Å². The first kappa shape index (κ1) is 43.8. The summed E-state index contributed by atoms with van der Waals surface area (Å²) in [5.41, 5.74) is 0. The lowest BCUT2D eigenvalue weighted by Crippen LogP contribution is -2.29. The average molecular weight is 661 g/mol. The van der Waals surface area contributed by atoms with E-state index >= 15 is 0 Å². The summed E-state index contributed by atoms with van der Waals surface area (Å²) in [6, 6.07) is 0. The van der Waals surface area contributed by atoms with Gasteiger partial charge in [0.1, 0.15) is 6.61 Å². The third-order valence-corrected chi connectivity index (χ3v) is 8.52. The summed E-state index contributed by atoms with van der Waals surface area (Å²) >= 11 is 0. The van der Waals surface area contributed by atoms with Gasteiger partial charge in [-0.15, -0.1) is 0 Å². The van der Waals surface area contributed by atoms with E-state index in [1.807, 2.05) is 0 Å². The molecule has 2 N–H and O–H groups in total. The lowest BCUT2D eigenvalue weighted by atomic mass is 10.1. The van der Waals surface area contributed by atoms with Crippen LogP contribution in [0.4, 0.5) is 0 Å². The highest BCUT2D eigenvalue weighted by atomic mass is 31.2. The number of rotatable bonds is 34. The zero-order chi connectivity index (χ0) is 33.3. The van der Waals surface area contributed by atoms with Gasteiger partial charge in [-0.05, 0) is 38.5 Å². The fourth-order valence-electron chi connectivity index (χ4n) is 5.25. The maximum absolute atomic E-state index is 12.3. The first-order valence-corrected chi connectivity index (χ1v) is 20.0.